The third kappa shape index (κ3) is 3.03. The average molecular weight is 266 g/mol. The van der Waals surface area contributed by atoms with Crippen LogP contribution in [-0.2, 0) is 0 Å². The van der Waals surface area contributed by atoms with Crippen LogP contribution in [0.1, 0.15) is 10.4 Å². The first-order chi connectivity index (χ1) is 9.09. The van der Waals surface area contributed by atoms with Crippen LogP contribution in [0.25, 0.3) is 10.9 Å². The van der Waals surface area contributed by atoms with Gasteiger partial charge in [-0.25, -0.2) is 8.78 Å². The summed E-state index contributed by atoms with van der Waals surface area (Å²) in [6.45, 7) is -0.493. The number of alkyl halides is 2. The molecule has 2 aromatic rings. The number of carbonyl (C=O) groups excluding carboxylic acids is 1. The lowest BCUT2D eigenvalue weighted by molar-refractivity contribution is -0.00269. The number of benzene rings is 1. The maximum absolute atomic E-state index is 12.1. The highest BCUT2D eigenvalue weighted by Crippen LogP contribution is 2.15. The van der Waals surface area contributed by atoms with E-state index < -0.39 is 25.0 Å². The fourth-order valence-corrected chi connectivity index (χ4v) is 1.68. The van der Waals surface area contributed by atoms with Gasteiger partial charge in [0, 0.05) is 18.1 Å². The molecule has 0 aliphatic rings. The summed E-state index contributed by atoms with van der Waals surface area (Å²) in [5, 5.41) is 11.9. The molecule has 100 valence electrons. The number of fused-ring (bicyclic) bond motifs is 1. The van der Waals surface area contributed by atoms with Crippen molar-refractivity contribution in [1.82, 2.24) is 10.3 Å². The SMILES string of the molecule is O=C(NCC(O)C(F)F)c1ccnc2ccccc12. The largest absolute Gasteiger partial charge is 0.385 e. The number of amides is 1. The maximum Gasteiger partial charge on any atom is 0.265 e. The lowest BCUT2D eigenvalue weighted by Gasteiger charge is -2.11. The highest BCUT2D eigenvalue weighted by molar-refractivity contribution is 6.05. The van der Waals surface area contributed by atoms with Crippen LogP contribution in [0.5, 0.6) is 0 Å². The van der Waals surface area contributed by atoms with Crippen LogP contribution in [0, 0.1) is 0 Å². The summed E-state index contributed by atoms with van der Waals surface area (Å²) >= 11 is 0. The number of para-hydroxylation sites is 1. The molecule has 19 heavy (non-hydrogen) atoms. The van der Waals surface area contributed by atoms with Crippen molar-refractivity contribution in [2.24, 2.45) is 0 Å². The van der Waals surface area contributed by atoms with E-state index in [0.717, 1.165) is 0 Å². The van der Waals surface area contributed by atoms with Crippen LogP contribution < -0.4 is 5.32 Å². The second-order valence-electron chi connectivity index (χ2n) is 3.99. The zero-order valence-corrected chi connectivity index (χ0v) is 9.88. The van der Waals surface area contributed by atoms with Crippen molar-refractivity contribution in [3.8, 4) is 0 Å². The molecule has 4 nitrogen and oxygen atoms in total. The number of hydrogen-bond donors (Lipinski definition) is 2. The lowest BCUT2D eigenvalue weighted by atomic mass is 10.1. The minimum Gasteiger partial charge on any atom is -0.385 e. The fraction of sp³-hybridized carbons (Fsp3) is 0.231. The first-order valence-corrected chi connectivity index (χ1v) is 5.68. The Morgan fingerprint density at radius 2 is 2.05 bits per heavy atom. The van der Waals surface area contributed by atoms with E-state index in [1.165, 1.54) is 12.3 Å². The van der Waals surface area contributed by atoms with E-state index in [4.69, 9.17) is 5.11 Å². The first-order valence-electron chi connectivity index (χ1n) is 5.68. The molecule has 2 N–H and O–H groups in total. The van der Waals surface area contributed by atoms with E-state index in [-0.39, 0.29) is 0 Å². The topological polar surface area (TPSA) is 62.2 Å². The second-order valence-corrected chi connectivity index (χ2v) is 3.99. The Hall–Kier alpha value is -2.08. The number of aromatic nitrogens is 1. The Morgan fingerprint density at radius 3 is 2.79 bits per heavy atom. The summed E-state index contributed by atoms with van der Waals surface area (Å²) in [6.07, 6.45) is -3.27. The molecule has 0 radical (unpaired) electrons. The molecule has 0 saturated heterocycles. The van der Waals surface area contributed by atoms with Crippen LogP contribution in [0.3, 0.4) is 0 Å². The predicted octanol–water partition coefficient (Wildman–Crippen LogP) is 1.59. The third-order valence-corrected chi connectivity index (χ3v) is 2.66. The number of hydrogen-bond acceptors (Lipinski definition) is 3. The van der Waals surface area contributed by atoms with Gasteiger partial charge in [-0.3, -0.25) is 9.78 Å². The Labute approximate surface area is 108 Å². The molecule has 1 heterocycles. The van der Waals surface area contributed by atoms with Crippen LogP contribution in [0.2, 0.25) is 0 Å². The van der Waals surface area contributed by atoms with Gasteiger partial charge in [0.15, 0.2) is 0 Å². The zero-order chi connectivity index (χ0) is 13.8. The van der Waals surface area contributed by atoms with Gasteiger partial charge in [0.2, 0.25) is 0 Å². The molecule has 1 amide bonds. The van der Waals surface area contributed by atoms with Gasteiger partial charge in [0.05, 0.1) is 11.1 Å². The Bertz CT molecular complexity index is 584. The molecule has 2 rings (SSSR count). The molecule has 0 bridgehead atoms. The van der Waals surface area contributed by atoms with E-state index in [9.17, 15) is 13.6 Å². The summed E-state index contributed by atoms with van der Waals surface area (Å²) in [5.41, 5.74) is 0.983. The molecule has 0 spiro atoms. The van der Waals surface area contributed by atoms with Gasteiger partial charge in [-0.2, -0.15) is 0 Å². The van der Waals surface area contributed by atoms with E-state index in [1.54, 1.807) is 24.3 Å². The van der Waals surface area contributed by atoms with Gasteiger partial charge < -0.3 is 10.4 Å². The molecule has 6 heteroatoms. The number of nitrogens with one attached hydrogen (secondary N) is 1. The molecular formula is C13H12F2N2O2. The molecule has 1 atom stereocenters. The maximum atomic E-state index is 12.1. The van der Waals surface area contributed by atoms with Gasteiger partial charge in [-0.05, 0) is 12.1 Å². The Balaban J connectivity index is 2.18. The highest BCUT2D eigenvalue weighted by atomic mass is 19.3. The summed E-state index contributed by atoms with van der Waals surface area (Å²) in [6, 6.07) is 8.53. The number of aliphatic hydroxyl groups excluding tert-OH is 1. The summed E-state index contributed by atoms with van der Waals surface area (Å²) in [7, 11) is 0. The van der Waals surface area contributed by atoms with Crippen molar-refractivity contribution >= 4 is 16.8 Å². The number of aliphatic hydroxyl groups is 1. The van der Waals surface area contributed by atoms with Crippen molar-refractivity contribution in [2.45, 2.75) is 12.5 Å². The number of nitrogens with zero attached hydrogens (tertiary/aromatic N) is 1. The fourth-order valence-electron chi connectivity index (χ4n) is 1.68. The van der Waals surface area contributed by atoms with Gasteiger partial charge in [-0.1, -0.05) is 18.2 Å². The van der Waals surface area contributed by atoms with Gasteiger partial charge >= 0.3 is 0 Å². The standard InChI is InChI=1S/C13H12F2N2O2/c14-12(15)11(18)7-17-13(19)9-5-6-16-10-4-2-1-3-8(9)10/h1-6,11-12,18H,7H2,(H,17,19). The minimum atomic E-state index is -2.88. The number of rotatable bonds is 4. The molecule has 1 aromatic heterocycles. The van der Waals surface area contributed by atoms with Crippen LogP contribution in [0.4, 0.5) is 8.78 Å². The Kier molecular flexibility index (Phi) is 4.01. The van der Waals surface area contributed by atoms with Crippen LogP contribution in [0.15, 0.2) is 36.5 Å². The van der Waals surface area contributed by atoms with Gasteiger partial charge in [0.1, 0.15) is 6.10 Å². The van der Waals surface area contributed by atoms with Crippen LogP contribution in [-0.4, -0.2) is 35.1 Å². The number of halogens is 2. The van der Waals surface area contributed by atoms with Crippen LogP contribution >= 0.6 is 0 Å². The highest BCUT2D eigenvalue weighted by Gasteiger charge is 2.18. The second kappa shape index (κ2) is 5.71. The van der Waals surface area contributed by atoms with Crippen molar-refractivity contribution < 1.29 is 18.7 Å². The average Bonchev–Trinajstić information content (AvgIpc) is 2.43. The van der Waals surface area contributed by atoms with Gasteiger partial charge in [0.25, 0.3) is 12.3 Å². The smallest absolute Gasteiger partial charge is 0.265 e. The minimum absolute atomic E-state index is 0.340. The van der Waals surface area contributed by atoms with Gasteiger partial charge in [-0.15, -0.1) is 0 Å². The summed E-state index contributed by atoms with van der Waals surface area (Å²) < 4.78 is 24.2. The third-order valence-electron chi connectivity index (χ3n) is 2.66. The van der Waals surface area contributed by atoms with E-state index in [0.29, 0.717) is 16.5 Å². The monoisotopic (exact) mass is 266 g/mol. The molecule has 1 aromatic carbocycles. The molecule has 0 aliphatic heterocycles. The molecule has 1 unspecified atom stereocenters. The Morgan fingerprint density at radius 1 is 1.32 bits per heavy atom. The van der Waals surface area contributed by atoms with E-state index in [1.807, 2.05) is 0 Å². The lowest BCUT2D eigenvalue weighted by Crippen LogP contribution is -2.35. The van der Waals surface area contributed by atoms with Crippen molar-refractivity contribution in [3.63, 3.8) is 0 Å². The summed E-state index contributed by atoms with van der Waals surface area (Å²) in [5.74, 6) is -0.515. The molecule has 0 aliphatic carbocycles. The normalized spacial score (nSPS) is 12.6. The molecular weight excluding hydrogens is 254 g/mol. The van der Waals surface area contributed by atoms with Crippen molar-refractivity contribution in [1.29, 1.82) is 0 Å². The predicted molar refractivity (Wildman–Crippen MR) is 66.1 cm³/mol. The van der Waals surface area contributed by atoms with E-state index in [2.05, 4.69) is 10.3 Å². The number of carbonyl (C=O) groups is 1. The van der Waals surface area contributed by atoms with Crippen molar-refractivity contribution in [2.75, 3.05) is 6.54 Å². The quantitative estimate of drug-likeness (QED) is 0.883. The summed E-state index contributed by atoms with van der Waals surface area (Å²) in [4.78, 5) is 16.0. The molecule has 0 saturated carbocycles. The zero-order valence-electron chi connectivity index (χ0n) is 9.88. The van der Waals surface area contributed by atoms with E-state index >= 15 is 0 Å². The van der Waals surface area contributed by atoms with Crippen molar-refractivity contribution in [3.05, 3.63) is 42.1 Å². The number of pyridine rings is 1. The first kappa shape index (κ1) is 13.4. The molecule has 0 fully saturated rings.